The molecule has 5 rings (SSSR count). The molecule has 34 heavy (non-hydrogen) atoms. The van der Waals surface area contributed by atoms with E-state index in [9.17, 15) is 14.7 Å². The fraction of sp³-hybridized carbons (Fsp3) is 0.500. The van der Waals surface area contributed by atoms with E-state index in [1.54, 1.807) is 6.07 Å². The van der Waals surface area contributed by atoms with Crippen molar-refractivity contribution < 1.29 is 19.4 Å². The normalized spacial score (nSPS) is 29.1. The predicted molar refractivity (Wildman–Crippen MR) is 130 cm³/mol. The number of nitrogens with zero attached hydrogens (tertiary/aromatic N) is 1. The molecule has 2 aliphatic carbocycles. The number of hydrogen-bond acceptors (Lipinski definition) is 5. The van der Waals surface area contributed by atoms with Gasteiger partial charge in [0.1, 0.15) is 11.9 Å². The molecule has 2 N–H and O–H groups in total. The highest BCUT2D eigenvalue weighted by Gasteiger charge is 2.54. The summed E-state index contributed by atoms with van der Waals surface area (Å²) < 4.78 is 5.94. The fourth-order valence-electron chi connectivity index (χ4n) is 6.22. The molecule has 1 amide bonds. The zero-order valence-corrected chi connectivity index (χ0v) is 19.8. The zero-order valence-electron chi connectivity index (χ0n) is 19.8. The van der Waals surface area contributed by atoms with Crippen molar-refractivity contribution >= 4 is 11.9 Å². The Bertz CT molecular complexity index is 1040. The van der Waals surface area contributed by atoms with Crippen LogP contribution < -0.4 is 5.32 Å². The molecule has 0 bridgehead atoms. The van der Waals surface area contributed by atoms with Gasteiger partial charge in [-0.2, -0.15) is 0 Å². The van der Waals surface area contributed by atoms with Crippen LogP contribution in [0.25, 0.3) is 0 Å². The molecule has 0 radical (unpaired) electrons. The Balaban J connectivity index is 1.47. The van der Waals surface area contributed by atoms with Crippen molar-refractivity contribution in [2.45, 2.75) is 56.6 Å². The minimum atomic E-state index is -0.295. The average molecular weight is 463 g/mol. The van der Waals surface area contributed by atoms with Gasteiger partial charge in [-0.3, -0.25) is 9.59 Å². The Labute approximate surface area is 201 Å². The number of phenolic OH excluding ortho intramolecular Hbond substituents is 1. The van der Waals surface area contributed by atoms with Crippen LogP contribution in [0.2, 0.25) is 0 Å². The van der Waals surface area contributed by atoms with Crippen LogP contribution in [-0.2, 0) is 14.9 Å². The van der Waals surface area contributed by atoms with E-state index in [1.807, 2.05) is 42.5 Å². The van der Waals surface area contributed by atoms with E-state index in [1.165, 1.54) is 19.8 Å². The van der Waals surface area contributed by atoms with Crippen LogP contribution in [0.1, 0.15) is 54.9 Å². The minimum absolute atomic E-state index is 0.107. The Kier molecular flexibility index (Phi) is 6.34. The summed E-state index contributed by atoms with van der Waals surface area (Å²) in [7, 11) is 0. The molecular weight excluding hydrogens is 428 g/mol. The smallest absolute Gasteiger partial charge is 0.302 e. The Morgan fingerprint density at radius 2 is 1.94 bits per heavy atom. The molecule has 1 heterocycles. The summed E-state index contributed by atoms with van der Waals surface area (Å²) in [6, 6.07) is 16.6. The van der Waals surface area contributed by atoms with Crippen molar-refractivity contribution in [2.75, 3.05) is 19.6 Å². The second-order valence-corrected chi connectivity index (χ2v) is 10.4. The largest absolute Gasteiger partial charge is 0.508 e. The van der Waals surface area contributed by atoms with Crippen molar-refractivity contribution in [3.05, 3.63) is 65.7 Å². The quantitative estimate of drug-likeness (QED) is 0.637. The molecule has 1 saturated heterocycles. The van der Waals surface area contributed by atoms with E-state index in [0.29, 0.717) is 12.0 Å². The summed E-state index contributed by atoms with van der Waals surface area (Å²) in [6.07, 6.45) is 4.58. The molecule has 2 aromatic rings. The number of hydrogen-bond donors (Lipinski definition) is 2. The third kappa shape index (κ3) is 4.83. The number of nitrogens with one attached hydrogen (secondary N) is 1. The number of rotatable bonds is 6. The van der Waals surface area contributed by atoms with Crippen molar-refractivity contribution in [3.63, 3.8) is 0 Å². The summed E-state index contributed by atoms with van der Waals surface area (Å²) in [5.41, 5.74) is 1.41. The molecule has 2 saturated carbocycles. The molecular formula is C28H34N2O4. The van der Waals surface area contributed by atoms with Gasteiger partial charge in [-0.05, 0) is 68.0 Å². The number of aromatic hydroxyl groups is 1. The number of phenols is 1. The van der Waals surface area contributed by atoms with Gasteiger partial charge in [-0.1, -0.05) is 30.3 Å². The maximum Gasteiger partial charge on any atom is 0.302 e. The first-order valence-electron chi connectivity index (χ1n) is 12.5. The molecule has 3 aliphatic rings. The van der Waals surface area contributed by atoms with Crippen LogP contribution >= 0.6 is 0 Å². The zero-order chi connectivity index (χ0) is 23.7. The number of carbonyl (C=O) groups is 2. The number of likely N-dealkylation sites (tertiary alicyclic amines) is 1. The second kappa shape index (κ2) is 9.41. The van der Waals surface area contributed by atoms with Crippen LogP contribution in [0.3, 0.4) is 0 Å². The van der Waals surface area contributed by atoms with Gasteiger partial charge in [-0.25, -0.2) is 0 Å². The number of fused-ring (bicyclic) bond motifs is 1. The van der Waals surface area contributed by atoms with Gasteiger partial charge in [0.15, 0.2) is 0 Å². The molecule has 0 spiro atoms. The number of amides is 1. The second-order valence-electron chi connectivity index (χ2n) is 10.4. The molecule has 2 aromatic carbocycles. The SMILES string of the molecule is CC(=O)OC1C[C@H](NC(=O)c2ccccc2)C[C@]2(c3cccc(O)c3)CCN(CC3CC3)C[C@@H]12. The number of piperidine rings is 1. The van der Waals surface area contributed by atoms with E-state index in [-0.39, 0.29) is 41.1 Å². The van der Waals surface area contributed by atoms with Crippen LogP contribution in [0.15, 0.2) is 54.6 Å². The lowest BCUT2D eigenvalue weighted by Crippen LogP contribution is -2.61. The molecule has 3 fully saturated rings. The summed E-state index contributed by atoms with van der Waals surface area (Å²) in [5, 5.41) is 13.5. The fourth-order valence-corrected chi connectivity index (χ4v) is 6.22. The van der Waals surface area contributed by atoms with Crippen LogP contribution in [0.4, 0.5) is 0 Å². The molecule has 4 atom stereocenters. The van der Waals surface area contributed by atoms with Crippen LogP contribution in [-0.4, -0.2) is 53.7 Å². The van der Waals surface area contributed by atoms with E-state index in [4.69, 9.17) is 4.74 Å². The lowest BCUT2D eigenvalue weighted by atomic mass is 9.57. The van der Waals surface area contributed by atoms with E-state index in [2.05, 4.69) is 16.3 Å². The minimum Gasteiger partial charge on any atom is -0.508 e. The Morgan fingerprint density at radius 1 is 1.15 bits per heavy atom. The van der Waals surface area contributed by atoms with E-state index >= 15 is 0 Å². The highest BCUT2D eigenvalue weighted by molar-refractivity contribution is 5.94. The van der Waals surface area contributed by atoms with Gasteiger partial charge in [-0.15, -0.1) is 0 Å². The molecule has 6 nitrogen and oxygen atoms in total. The maximum atomic E-state index is 13.0. The summed E-state index contributed by atoms with van der Waals surface area (Å²) >= 11 is 0. The maximum absolute atomic E-state index is 13.0. The number of carbonyl (C=O) groups excluding carboxylic acids is 2. The highest BCUT2D eigenvalue weighted by Crippen LogP contribution is 2.51. The Morgan fingerprint density at radius 3 is 2.65 bits per heavy atom. The van der Waals surface area contributed by atoms with Crippen molar-refractivity contribution in [2.24, 2.45) is 11.8 Å². The molecule has 1 unspecified atom stereocenters. The van der Waals surface area contributed by atoms with Crippen LogP contribution in [0.5, 0.6) is 5.75 Å². The lowest BCUT2D eigenvalue weighted by molar-refractivity contribution is -0.157. The third-order valence-corrected chi connectivity index (χ3v) is 7.94. The number of esters is 1. The number of benzene rings is 2. The molecule has 180 valence electrons. The Hall–Kier alpha value is -2.86. The van der Waals surface area contributed by atoms with Gasteiger partial charge in [0.2, 0.25) is 0 Å². The predicted octanol–water partition coefficient (Wildman–Crippen LogP) is 3.89. The lowest BCUT2D eigenvalue weighted by Gasteiger charge is -2.55. The third-order valence-electron chi connectivity index (χ3n) is 7.94. The first-order chi connectivity index (χ1) is 16.4. The first-order valence-corrected chi connectivity index (χ1v) is 12.5. The first kappa shape index (κ1) is 22.9. The topological polar surface area (TPSA) is 78.9 Å². The van der Waals surface area contributed by atoms with Gasteiger partial charge < -0.3 is 20.1 Å². The summed E-state index contributed by atoms with van der Waals surface area (Å²) in [5.74, 6) is 0.745. The van der Waals surface area contributed by atoms with Gasteiger partial charge in [0.25, 0.3) is 5.91 Å². The average Bonchev–Trinajstić information content (AvgIpc) is 3.64. The monoisotopic (exact) mass is 462 g/mol. The molecule has 0 aromatic heterocycles. The standard InChI is InChI=1S/C28H34N2O4/c1-19(31)34-26-15-23(29-27(33)21-6-3-2-4-7-21)16-28(22-8-5-9-24(32)14-22)12-13-30(18-25(26)28)17-20-10-11-20/h2-9,14,20,23,25-26,32H,10-13,15-18H2,1H3,(H,29,33)/t23-,25-,26?,28-/m0/s1. The summed E-state index contributed by atoms with van der Waals surface area (Å²) in [4.78, 5) is 27.7. The van der Waals surface area contributed by atoms with Crippen molar-refractivity contribution in [1.82, 2.24) is 10.2 Å². The summed E-state index contributed by atoms with van der Waals surface area (Å²) in [6.45, 7) is 4.40. The molecule has 6 heteroatoms. The van der Waals surface area contributed by atoms with Gasteiger partial charge >= 0.3 is 5.97 Å². The molecule has 1 aliphatic heterocycles. The van der Waals surface area contributed by atoms with Crippen LogP contribution in [0, 0.1) is 11.8 Å². The van der Waals surface area contributed by atoms with E-state index < -0.39 is 0 Å². The highest BCUT2D eigenvalue weighted by atomic mass is 16.5. The van der Waals surface area contributed by atoms with E-state index in [0.717, 1.165) is 44.0 Å². The number of ether oxygens (including phenoxy) is 1. The van der Waals surface area contributed by atoms with Crippen molar-refractivity contribution in [3.8, 4) is 5.75 Å². The van der Waals surface area contributed by atoms with Gasteiger partial charge in [0.05, 0.1) is 0 Å². The van der Waals surface area contributed by atoms with Gasteiger partial charge in [0, 0.05) is 49.4 Å². The van der Waals surface area contributed by atoms with Crippen molar-refractivity contribution in [1.29, 1.82) is 0 Å².